The van der Waals surface area contributed by atoms with E-state index in [-0.39, 0.29) is 79.1 Å². The highest BCUT2D eigenvalue weighted by atomic mass is 32.2. The molecule has 94 heavy (non-hydrogen) atoms. The summed E-state index contributed by atoms with van der Waals surface area (Å²) in [6.45, 7) is 5.15. The van der Waals surface area contributed by atoms with E-state index in [1.54, 1.807) is 36.5 Å². The molecule has 7 N–H and O–H groups in total. The number of hydrogen-bond acceptors (Lipinski definition) is 26. The number of carbonyl (C=O) groups is 8. The molecule has 0 bridgehead atoms. The quantitative estimate of drug-likeness (QED) is 0.0192. The molecule has 1 aromatic heterocycles. The number of amides is 3. The molecule has 510 valence electrons. The third kappa shape index (κ3) is 16.6. The van der Waals surface area contributed by atoms with E-state index in [2.05, 4.69) is 15.5 Å². The highest BCUT2D eigenvalue weighted by Gasteiger charge is 2.55. The van der Waals surface area contributed by atoms with Crippen molar-refractivity contribution in [2.45, 2.75) is 132 Å². The zero-order valence-electron chi connectivity index (χ0n) is 53.4. The van der Waals surface area contributed by atoms with E-state index in [4.69, 9.17) is 63.1 Å². The van der Waals surface area contributed by atoms with Crippen LogP contribution < -0.4 is 21.1 Å². The average molecular weight is 1350 g/mol. The summed E-state index contributed by atoms with van der Waals surface area (Å²) in [6.07, 6.45) is -2.19. The number of primary amides is 1. The second-order valence-electron chi connectivity index (χ2n) is 23.6. The molecule has 3 aliphatic heterocycles. The first-order chi connectivity index (χ1) is 45.2. The summed E-state index contributed by atoms with van der Waals surface area (Å²) in [6, 6.07) is 8.16. The number of nitrogens with zero attached hydrogens (tertiary/aromatic N) is 3. The number of carbonyl (C=O) groups excluding carboxylic acids is 8. The summed E-state index contributed by atoms with van der Waals surface area (Å²) < 4.78 is 58.3. The Morgan fingerprint density at radius 3 is 2.17 bits per heavy atom. The van der Waals surface area contributed by atoms with Gasteiger partial charge in [0.1, 0.15) is 34.7 Å². The van der Waals surface area contributed by atoms with Crippen molar-refractivity contribution in [1.29, 1.82) is 0 Å². The van der Waals surface area contributed by atoms with Crippen LogP contribution in [0.1, 0.15) is 130 Å². The van der Waals surface area contributed by atoms with Crippen LogP contribution >= 0.6 is 23.5 Å². The van der Waals surface area contributed by atoms with Crippen LogP contribution in [0.2, 0.25) is 0 Å². The van der Waals surface area contributed by atoms with Gasteiger partial charge in [-0.05, 0) is 57.0 Å². The number of aromatic hydroxyl groups is 2. The molecule has 2 aliphatic carbocycles. The van der Waals surface area contributed by atoms with E-state index in [1.807, 2.05) is 24.6 Å². The van der Waals surface area contributed by atoms with E-state index in [0.29, 0.717) is 63.5 Å². The first-order valence-electron chi connectivity index (χ1n) is 31.2. The summed E-state index contributed by atoms with van der Waals surface area (Å²) in [5.41, 5.74) is 5.08. The van der Waals surface area contributed by atoms with Gasteiger partial charge in [0.25, 0.3) is 5.91 Å². The van der Waals surface area contributed by atoms with Crippen molar-refractivity contribution >= 4 is 81.2 Å². The number of Topliss-reactive ketones (excluding diaryl/α,β-unsaturated/α-hetero) is 3. The number of nitrogens with one attached hydrogen (secondary N) is 2. The van der Waals surface area contributed by atoms with Crippen molar-refractivity contribution in [2.75, 3.05) is 99.3 Å². The molecule has 4 heterocycles. The topological polar surface area (TPSA) is 369 Å². The van der Waals surface area contributed by atoms with Crippen LogP contribution in [0.5, 0.6) is 17.2 Å². The monoisotopic (exact) mass is 1350 g/mol. The van der Waals surface area contributed by atoms with Crippen LogP contribution in [0.15, 0.2) is 36.4 Å². The lowest BCUT2D eigenvalue weighted by Gasteiger charge is -2.43. The fourth-order valence-electron chi connectivity index (χ4n) is 12.5. The Hall–Kier alpha value is -6.58. The lowest BCUT2D eigenvalue weighted by molar-refractivity contribution is -0.256. The molecule has 4 aromatic rings. The normalized spacial score (nSPS) is 22.9. The van der Waals surface area contributed by atoms with Crippen molar-refractivity contribution < 1.29 is 101 Å². The van der Waals surface area contributed by atoms with Gasteiger partial charge in [-0.15, -0.1) is 0 Å². The summed E-state index contributed by atoms with van der Waals surface area (Å²) in [5, 5.41) is 41.6. The van der Waals surface area contributed by atoms with Crippen LogP contribution in [-0.4, -0.2) is 225 Å². The summed E-state index contributed by atoms with van der Waals surface area (Å²) in [7, 11) is 2.81. The molecule has 3 saturated heterocycles. The maximum atomic E-state index is 14.3. The minimum Gasteiger partial charge on any atom is -0.507 e. The lowest BCUT2D eigenvalue weighted by Crippen LogP contribution is -2.56. The molecule has 0 unspecified atom stereocenters. The Kier molecular flexibility index (Phi) is 25.1. The molecular weight excluding hydrogens is 1260 g/mol. The molecule has 0 spiro atoms. The second kappa shape index (κ2) is 32.9. The fourth-order valence-corrected chi connectivity index (χ4v) is 13.5. The minimum absolute atomic E-state index is 0.00790. The van der Waals surface area contributed by atoms with Crippen LogP contribution in [0.25, 0.3) is 11.0 Å². The Bertz CT molecular complexity index is 3470. The van der Waals surface area contributed by atoms with Crippen molar-refractivity contribution in [3.8, 4) is 17.2 Å². The van der Waals surface area contributed by atoms with E-state index >= 15 is 0 Å². The first-order valence-corrected chi connectivity index (χ1v) is 34.0. The number of ether oxygens (including phenoxy) is 10. The average Bonchev–Trinajstić information content (AvgIpc) is 0.893. The number of thioether (sulfide) groups is 2. The number of hydrogen-bond donors (Lipinski definition) is 6. The number of fused-ring (bicyclic) bond motifs is 7. The molecular formula is C65H82N6O21S2. The maximum Gasteiger partial charge on any atom is 0.252 e. The van der Waals surface area contributed by atoms with E-state index in [0.717, 1.165) is 28.4 Å². The molecule has 10 atom stereocenters. The Morgan fingerprint density at radius 2 is 1.50 bits per heavy atom. The van der Waals surface area contributed by atoms with Crippen molar-refractivity contribution in [1.82, 2.24) is 25.5 Å². The van der Waals surface area contributed by atoms with Gasteiger partial charge in [0.15, 0.2) is 36.2 Å². The van der Waals surface area contributed by atoms with Gasteiger partial charge in [0.2, 0.25) is 17.6 Å². The van der Waals surface area contributed by atoms with Gasteiger partial charge in [-0.3, -0.25) is 43.3 Å². The number of morpholine rings is 1. The van der Waals surface area contributed by atoms with E-state index in [1.165, 1.54) is 39.3 Å². The van der Waals surface area contributed by atoms with Gasteiger partial charge in [-0.25, -0.2) is 9.97 Å². The molecule has 9 rings (SSSR count). The number of aliphatic hydroxyl groups is 1. The van der Waals surface area contributed by atoms with Gasteiger partial charge >= 0.3 is 0 Å². The van der Waals surface area contributed by atoms with Gasteiger partial charge in [-0.1, -0.05) is 12.1 Å². The van der Waals surface area contributed by atoms with Crippen LogP contribution in [-0.2, 0) is 84.5 Å². The van der Waals surface area contributed by atoms with Crippen molar-refractivity contribution in [3.63, 3.8) is 0 Å². The number of nitrogens with two attached hydrogens (primary N) is 1. The molecule has 0 radical (unpaired) electrons. The number of aromatic nitrogens is 2. The zero-order chi connectivity index (χ0) is 67.4. The predicted octanol–water partition coefficient (Wildman–Crippen LogP) is 3.58. The SMILES string of the molecule is COc1cccc2c1C(=O)c1c(O)c3c(c(O)c1C2=O)C[C@@](O)(C(=O)NCC(=O)[C@H](C)NC(=O)[C@H](CC(N)=O)CC(=O)CCOCCOCCOCCOCCCC(=O)c1ccc2nc(CSC)c(CSC)nc2c1)C[C@@H]3O[C@H]1C[C@H]2[C@H](O[C@@H]3[C@@H](OC)OCCN32)[C@H](C)O1. The van der Waals surface area contributed by atoms with Crippen LogP contribution in [0.4, 0.5) is 0 Å². The second-order valence-corrected chi connectivity index (χ2v) is 25.3. The van der Waals surface area contributed by atoms with Crippen LogP contribution in [0, 0.1) is 5.92 Å². The lowest BCUT2D eigenvalue weighted by atomic mass is 9.72. The molecule has 3 fully saturated rings. The van der Waals surface area contributed by atoms with Crippen molar-refractivity contribution in [3.05, 3.63) is 86.7 Å². The van der Waals surface area contributed by atoms with Gasteiger partial charge in [-0.2, -0.15) is 23.5 Å². The molecule has 0 saturated carbocycles. The molecule has 29 heteroatoms. The highest BCUT2D eigenvalue weighted by Crippen LogP contribution is 2.53. The summed E-state index contributed by atoms with van der Waals surface area (Å²) in [5.74, 6) is -6.91. The third-order valence-corrected chi connectivity index (χ3v) is 18.3. The van der Waals surface area contributed by atoms with Crippen molar-refractivity contribution in [2.24, 2.45) is 11.7 Å². The number of phenolic OH excluding ortho intramolecular Hbond substituents is 2. The van der Waals surface area contributed by atoms with E-state index < -0.39 is 150 Å². The molecule has 5 aliphatic rings. The Balaban J connectivity index is 0.709. The molecule has 3 aromatic carbocycles. The van der Waals surface area contributed by atoms with Gasteiger partial charge in [0, 0.05) is 105 Å². The number of benzene rings is 3. The minimum atomic E-state index is -2.52. The number of methoxy groups -OCH3 is 2. The summed E-state index contributed by atoms with van der Waals surface area (Å²) in [4.78, 5) is 120. The fraction of sp³-hybridized carbons (Fsp3) is 0.569. The highest BCUT2D eigenvalue weighted by molar-refractivity contribution is 7.98. The molecule has 27 nitrogen and oxygen atoms in total. The predicted molar refractivity (Wildman–Crippen MR) is 340 cm³/mol. The van der Waals surface area contributed by atoms with Gasteiger partial charge in [0.05, 0.1) is 130 Å². The van der Waals surface area contributed by atoms with Gasteiger partial charge < -0.3 is 79.1 Å². The Labute approximate surface area is 551 Å². The Morgan fingerprint density at radius 1 is 0.830 bits per heavy atom. The number of rotatable bonds is 35. The molecule has 3 amide bonds. The van der Waals surface area contributed by atoms with Crippen LogP contribution in [0.3, 0.4) is 0 Å². The standard InChI is InChI=1S/C65H82N6O21S2/c1-34(68-61(80)37(27-50(66)75)25-38(72)14-17-86-20-22-88-24-23-87-21-19-85-16-8-10-46(73)36-12-13-41-42(26-36)70-44(33-94-6)43(69-41)32-93-5)47(74)31-67-64(81)65(82)29-40-53(59(79)55-54(57(40)77)56(76)39-9-7-11-48(83-3)52(39)58(55)78)49(30-65)91-51-28-45-60(35(2)90-51)92-62-63(84-4)89-18-15-71(45)62/h7,9,11-13,26,34-35,37,45,49,51,60,62-63,77,79,82H,8,10,14-25,27-33H2,1-6H3,(H2,66,75)(H,67,81)(H,68,80)/t34-,35-,37-,45-,49-,51-,60+,62+,63-,65-/m0/s1. The summed E-state index contributed by atoms with van der Waals surface area (Å²) >= 11 is 3.37. The number of phenols is 2. The third-order valence-electron chi connectivity index (χ3n) is 17.2. The zero-order valence-corrected chi connectivity index (χ0v) is 55.1. The smallest absolute Gasteiger partial charge is 0.252 e. The van der Waals surface area contributed by atoms with E-state index in [9.17, 15) is 53.7 Å². The maximum absolute atomic E-state index is 14.3. The first kappa shape index (κ1) is 71.7. The number of ketones is 5. The largest absolute Gasteiger partial charge is 0.507 e.